The Morgan fingerprint density at radius 1 is 0.967 bits per heavy atom. The monoisotopic (exact) mass is 842 g/mol. The van der Waals surface area contributed by atoms with Crippen molar-refractivity contribution in [3.8, 4) is 22.9 Å². The van der Waals surface area contributed by atoms with E-state index in [9.17, 15) is 29.2 Å². The van der Waals surface area contributed by atoms with E-state index >= 15 is 4.39 Å². The molecule has 2 aromatic heterocycles. The molecule has 2 saturated heterocycles. The number of carbonyl (C=O) groups is 5. The average molecular weight is 843 g/mol. The highest BCUT2D eigenvalue weighted by Crippen LogP contribution is 2.47. The maximum Gasteiger partial charge on any atom is 0.278 e. The van der Waals surface area contributed by atoms with Crippen LogP contribution in [0, 0.1) is 17.3 Å². The maximum absolute atomic E-state index is 15.8. The molecule has 6 heterocycles. The van der Waals surface area contributed by atoms with Gasteiger partial charge in [-0.2, -0.15) is 9.65 Å². The number of ether oxygens (including phenoxy) is 1. The quantitative estimate of drug-likeness (QED) is 0.139. The van der Waals surface area contributed by atoms with Crippen LogP contribution in [0.5, 0.6) is 5.75 Å². The number of nitrogens with one attached hydrogen (secondary N) is 1. The van der Waals surface area contributed by atoms with Crippen molar-refractivity contribution in [2.75, 3.05) is 49.1 Å². The van der Waals surface area contributed by atoms with Gasteiger partial charge in [0.2, 0.25) is 23.7 Å². The van der Waals surface area contributed by atoms with Crippen LogP contribution in [0.2, 0.25) is 5.02 Å². The molecule has 16 heteroatoms. The molecular weight excluding hydrogens is 803 g/mol. The van der Waals surface area contributed by atoms with Crippen LogP contribution in [0.25, 0.3) is 22.0 Å². The highest BCUT2D eigenvalue weighted by atomic mass is 35.5. The first-order chi connectivity index (χ1) is 29.3. The first kappa shape index (κ1) is 39.8. The molecule has 14 nitrogen and oxygen atoms in total. The van der Waals surface area contributed by atoms with E-state index in [1.165, 1.54) is 0 Å². The van der Waals surface area contributed by atoms with Gasteiger partial charge in [-0.05, 0) is 92.9 Å². The van der Waals surface area contributed by atoms with Gasteiger partial charge in [-0.15, -0.1) is 0 Å². The Balaban J connectivity index is 0.824. The van der Waals surface area contributed by atoms with Crippen molar-refractivity contribution in [1.82, 2.24) is 24.7 Å². The molecule has 3 aromatic carbocycles. The number of rotatable bonds is 9. The molecule has 5 aromatic rings. The van der Waals surface area contributed by atoms with Gasteiger partial charge < -0.3 is 14.2 Å². The number of hydrogen-bond acceptors (Lipinski definition) is 10. The lowest BCUT2D eigenvalue weighted by atomic mass is 9.85. The lowest BCUT2D eigenvalue weighted by Gasteiger charge is -2.35. The van der Waals surface area contributed by atoms with Gasteiger partial charge in [-0.1, -0.05) is 17.7 Å². The minimum Gasteiger partial charge on any atom is -0.492 e. The van der Waals surface area contributed by atoms with E-state index < -0.39 is 41.0 Å². The van der Waals surface area contributed by atoms with Crippen LogP contribution in [-0.4, -0.2) is 94.3 Å². The van der Waals surface area contributed by atoms with Crippen molar-refractivity contribution in [2.45, 2.75) is 51.6 Å². The number of halogens is 2. The third-order valence-electron chi connectivity index (χ3n) is 12.2. The first-order valence-corrected chi connectivity index (χ1v) is 20.5. The highest BCUT2D eigenvalue weighted by Gasteiger charge is 2.48. The fourth-order valence-corrected chi connectivity index (χ4v) is 9.14. The van der Waals surface area contributed by atoms with Crippen LogP contribution >= 0.6 is 11.6 Å². The number of fused-ring (bicyclic) bond motifs is 4. The van der Waals surface area contributed by atoms with Crippen LogP contribution in [-0.2, 0) is 26.3 Å². The summed E-state index contributed by atoms with van der Waals surface area (Å²) < 4.78 is 23.7. The molecule has 0 spiro atoms. The van der Waals surface area contributed by atoms with E-state index in [0.717, 1.165) is 10.5 Å². The van der Waals surface area contributed by atoms with E-state index in [2.05, 4.69) is 15.2 Å². The van der Waals surface area contributed by atoms with Gasteiger partial charge >= 0.3 is 0 Å². The summed E-state index contributed by atoms with van der Waals surface area (Å²) in [5.41, 5.74) is 3.47. The highest BCUT2D eigenvalue weighted by molar-refractivity contribution is 6.32. The van der Waals surface area contributed by atoms with Gasteiger partial charge in [0, 0.05) is 62.7 Å². The van der Waals surface area contributed by atoms with Crippen molar-refractivity contribution in [2.24, 2.45) is 0 Å². The standard InChI is InChI=1S/C45H40ClFN8O6/c1-4-53-35-23-28(8-9-30(35)38-39(53)43(59)55(42(38)58)34-12-14-37(56)50-41(34)57)61-20-19-51-15-17-52(18-16-51)36-13-10-29(40(47)49-36)25-6-11-33-31(21-25)45(2,3)44(60)54(33)27-7-5-26(24-48)32(46)22-27/h5-11,13,21-23,34H,4,12,14-20H2,1-3H3,(H,50,56,57). The molecule has 0 radical (unpaired) electrons. The maximum atomic E-state index is 15.8. The molecule has 2 fully saturated rings. The predicted octanol–water partition coefficient (Wildman–Crippen LogP) is 5.95. The van der Waals surface area contributed by atoms with E-state index in [0.29, 0.717) is 96.4 Å². The Bertz CT molecular complexity index is 2770. The van der Waals surface area contributed by atoms with Crippen LogP contribution in [0.3, 0.4) is 0 Å². The molecular formula is C45H40ClFN8O6. The normalized spacial score (nSPS) is 18.8. The summed E-state index contributed by atoms with van der Waals surface area (Å²) in [6, 6.07) is 20.2. The van der Waals surface area contributed by atoms with Crippen LogP contribution in [0.1, 0.15) is 65.6 Å². The number of hydrogen-bond donors (Lipinski definition) is 1. The lowest BCUT2D eigenvalue weighted by Crippen LogP contribution is -2.54. The van der Waals surface area contributed by atoms with Gasteiger partial charge in [0.05, 0.1) is 38.5 Å². The molecule has 310 valence electrons. The minimum absolute atomic E-state index is 0.0529. The summed E-state index contributed by atoms with van der Waals surface area (Å²) in [4.78, 5) is 76.3. The lowest BCUT2D eigenvalue weighted by molar-refractivity contribution is -0.136. The first-order valence-electron chi connectivity index (χ1n) is 20.1. The summed E-state index contributed by atoms with van der Waals surface area (Å²) in [6.45, 7) is 9.67. The second-order valence-corrected chi connectivity index (χ2v) is 16.5. The van der Waals surface area contributed by atoms with Crippen LogP contribution in [0.15, 0.2) is 66.7 Å². The molecule has 1 atom stereocenters. The van der Waals surface area contributed by atoms with Gasteiger partial charge in [0.25, 0.3) is 11.8 Å². The molecule has 5 amide bonds. The fraction of sp³-hybridized carbons (Fsp3) is 0.311. The van der Waals surface area contributed by atoms with E-state index in [-0.39, 0.29) is 35.0 Å². The molecule has 4 aliphatic rings. The summed E-state index contributed by atoms with van der Waals surface area (Å²) in [7, 11) is 0. The zero-order valence-electron chi connectivity index (χ0n) is 33.6. The molecule has 1 N–H and O–H groups in total. The largest absolute Gasteiger partial charge is 0.492 e. The van der Waals surface area contributed by atoms with Gasteiger partial charge in [0.15, 0.2) is 0 Å². The Labute approximate surface area is 355 Å². The zero-order chi connectivity index (χ0) is 42.9. The number of nitriles is 1. The smallest absolute Gasteiger partial charge is 0.278 e. The number of aromatic nitrogens is 2. The number of benzene rings is 3. The molecule has 4 aliphatic heterocycles. The van der Waals surface area contributed by atoms with E-state index in [1.807, 2.05) is 49.9 Å². The topological polar surface area (TPSA) is 161 Å². The third kappa shape index (κ3) is 6.57. The Morgan fingerprint density at radius 2 is 1.75 bits per heavy atom. The summed E-state index contributed by atoms with van der Waals surface area (Å²) >= 11 is 6.31. The Hall–Kier alpha value is -6.63. The molecule has 0 bridgehead atoms. The van der Waals surface area contributed by atoms with Crippen molar-refractivity contribution in [1.29, 1.82) is 5.26 Å². The minimum atomic E-state index is -1.03. The number of nitrogens with zero attached hydrogens (tertiary/aromatic N) is 7. The number of carbonyl (C=O) groups excluding carboxylic acids is 5. The number of pyridine rings is 1. The van der Waals surface area contributed by atoms with Gasteiger partial charge in [-0.3, -0.25) is 44.0 Å². The van der Waals surface area contributed by atoms with Gasteiger partial charge in [-0.25, -0.2) is 4.98 Å². The number of anilines is 3. The summed E-state index contributed by atoms with van der Waals surface area (Å²) in [5.74, 6) is -1.81. The molecule has 0 aliphatic carbocycles. The second-order valence-electron chi connectivity index (χ2n) is 16.1. The van der Waals surface area contributed by atoms with E-state index in [1.54, 1.807) is 58.0 Å². The zero-order valence-corrected chi connectivity index (χ0v) is 34.4. The second kappa shape index (κ2) is 15.1. The number of piperazine rings is 1. The molecule has 1 unspecified atom stereocenters. The number of aryl methyl sites for hydroxylation is 1. The van der Waals surface area contributed by atoms with Crippen LogP contribution < -0.4 is 19.9 Å². The number of piperidine rings is 1. The SMILES string of the molecule is CCn1c2c(c3ccc(OCCN4CCN(c5ccc(-c6ccc7c(c6)C(C)(C)C(=O)N7c6ccc(C#N)c(Cl)c6)c(F)n5)CC4)cc31)C(=O)N(C1CCC(=O)NC1=O)C2=O. The van der Waals surface area contributed by atoms with Crippen molar-refractivity contribution in [3.63, 3.8) is 0 Å². The third-order valence-corrected chi connectivity index (χ3v) is 12.5. The van der Waals surface area contributed by atoms with Crippen molar-refractivity contribution < 1.29 is 33.1 Å². The molecule has 0 saturated carbocycles. The van der Waals surface area contributed by atoms with Crippen molar-refractivity contribution in [3.05, 3.63) is 100 Å². The fourth-order valence-electron chi connectivity index (χ4n) is 8.93. The molecule has 61 heavy (non-hydrogen) atoms. The van der Waals surface area contributed by atoms with E-state index in [4.69, 9.17) is 16.3 Å². The van der Waals surface area contributed by atoms with Gasteiger partial charge in [0.1, 0.15) is 36.0 Å². The Morgan fingerprint density at radius 3 is 2.46 bits per heavy atom. The molecule has 9 rings (SSSR count). The van der Waals surface area contributed by atoms with Crippen molar-refractivity contribution >= 4 is 69.2 Å². The number of imide groups is 2. The summed E-state index contributed by atoms with van der Waals surface area (Å²) in [5, 5.41) is 12.4. The predicted molar refractivity (Wildman–Crippen MR) is 224 cm³/mol. The summed E-state index contributed by atoms with van der Waals surface area (Å²) in [6.07, 6.45) is 0.144. The van der Waals surface area contributed by atoms with Crippen LogP contribution in [0.4, 0.5) is 21.6 Å². The Kier molecular flexibility index (Phi) is 9.87. The average Bonchev–Trinajstić information content (AvgIpc) is 3.78. The number of amides is 5.